The lowest BCUT2D eigenvalue weighted by atomic mass is 10.2. The number of aromatic nitrogens is 2. The van der Waals surface area contributed by atoms with Crippen LogP contribution in [0.3, 0.4) is 0 Å². The van der Waals surface area contributed by atoms with E-state index in [1.165, 1.54) is 6.07 Å². The van der Waals surface area contributed by atoms with E-state index in [2.05, 4.69) is 32.4 Å². The summed E-state index contributed by atoms with van der Waals surface area (Å²) in [5.74, 6) is 0.260. The molecule has 0 bridgehead atoms. The summed E-state index contributed by atoms with van der Waals surface area (Å²) in [5.41, 5.74) is 1.82. The van der Waals surface area contributed by atoms with Crippen molar-refractivity contribution < 1.29 is 4.39 Å². The number of aryl methyl sites for hydroxylation is 2. The predicted molar refractivity (Wildman–Crippen MR) is 70.0 cm³/mol. The molecule has 2 rings (SSSR count). The first-order valence-corrected chi connectivity index (χ1v) is 5.98. The Morgan fingerprint density at radius 3 is 2.83 bits per heavy atom. The first-order chi connectivity index (χ1) is 8.52. The van der Waals surface area contributed by atoms with E-state index in [9.17, 15) is 4.39 Å². The molecule has 0 aliphatic carbocycles. The SMILES string of the molecule is Cc1nn(C)c(Nc2ccc(F)c(Br)c2)c1C#N. The predicted octanol–water partition coefficient (Wildman–Crippen LogP) is 3.25. The number of hydrogen-bond acceptors (Lipinski definition) is 3. The molecular formula is C12H10BrFN4. The number of nitriles is 1. The van der Waals surface area contributed by atoms with E-state index in [0.717, 1.165) is 0 Å². The van der Waals surface area contributed by atoms with Crippen LogP contribution in [0.15, 0.2) is 22.7 Å². The van der Waals surface area contributed by atoms with Gasteiger partial charge in [0.1, 0.15) is 23.3 Å². The fraction of sp³-hybridized carbons (Fsp3) is 0.167. The molecule has 4 nitrogen and oxygen atoms in total. The lowest BCUT2D eigenvalue weighted by molar-refractivity contribution is 0.621. The molecule has 1 heterocycles. The average Bonchev–Trinajstić information content (AvgIpc) is 2.58. The fourth-order valence-corrected chi connectivity index (χ4v) is 2.02. The summed E-state index contributed by atoms with van der Waals surface area (Å²) in [6.45, 7) is 1.77. The number of halogens is 2. The largest absolute Gasteiger partial charge is 0.339 e. The van der Waals surface area contributed by atoms with Gasteiger partial charge >= 0.3 is 0 Å². The van der Waals surface area contributed by atoms with Crippen molar-refractivity contribution in [2.45, 2.75) is 6.92 Å². The molecule has 0 aliphatic rings. The summed E-state index contributed by atoms with van der Waals surface area (Å²) >= 11 is 3.12. The van der Waals surface area contributed by atoms with Crippen molar-refractivity contribution in [1.29, 1.82) is 5.26 Å². The Kier molecular flexibility index (Phi) is 3.34. The highest BCUT2D eigenvalue weighted by atomic mass is 79.9. The molecule has 0 amide bonds. The highest BCUT2D eigenvalue weighted by Gasteiger charge is 2.13. The molecule has 1 N–H and O–H groups in total. The van der Waals surface area contributed by atoms with Gasteiger partial charge in [-0.15, -0.1) is 0 Å². The Morgan fingerprint density at radius 2 is 2.22 bits per heavy atom. The number of benzene rings is 1. The number of anilines is 2. The van der Waals surface area contributed by atoms with Crippen LogP contribution in [-0.4, -0.2) is 9.78 Å². The molecule has 2 aromatic rings. The summed E-state index contributed by atoms with van der Waals surface area (Å²) in [4.78, 5) is 0. The fourth-order valence-electron chi connectivity index (χ4n) is 1.65. The van der Waals surface area contributed by atoms with Gasteiger partial charge in [0.2, 0.25) is 0 Å². The maximum atomic E-state index is 13.1. The molecule has 0 unspecified atom stereocenters. The second-order valence-electron chi connectivity index (χ2n) is 3.80. The van der Waals surface area contributed by atoms with Crippen molar-refractivity contribution in [2.75, 3.05) is 5.32 Å². The third-order valence-electron chi connectivity index (χ3n) is 2.52. The standard InChI is InChI=1S/C12H10BrFN4/c1-7-9(6-15)12(18(2)17-7)16-8-3-4-11(14)10(13)5-8/h3-5,16H,1-2H3. The van der Waals surface area contributed by atoms with Gasteiger partial charge in [0, 0.05) is 12.7 Å². The number of rotatable bonds is 2. The molecule has 0 radical (unpaired) electrons. The minimum Gasteiger partial charge on any atom is -0.339 e. The highest BCUT2D eigenvalue weighted by Crippen LogP contribution is 2.25. The summed E-state index contributed by atoms with van der Waals surface area (Å²) in [6, 6.07) is 6.66. The molecule has 18 heavy (non-hydrogen) atoms. The molecule has 1 aromatic heterocycles. The van der Waals surface area contributed by atoms with Crippen LogP contribution in [0.4, 0.5) is 15.9 Å². The lowest BCUT2D eigenvalue weighted by Gasteiger charge is -2.07. The summed E-state index contributed by atoms with van der Waals surface area (Å²) in [6.07, 6.45) is 0. The topological polar surface area (TPSA) is 53.6 Å². The number of hydrogen-bond donors (Lipinski definition) is 1. The summed E-state index contributed by atoms with van der Waals surface area (Å²) < 4.78 is 15.1. The average molecular weight is 309 g/mol. The zero-order chi connectivity index (χ0) is 13.3. The van der Waals surface area contributed by atoms with Gasteiger partial charge in [0.05, 0.1) is 10.2 Å². The van der Waals surface area contributed by atoms with Gasteiger partial charge < -0.3 is 5.32 Å². The highest BCUT2D eigenvalue weighted by molar-refractivity contribution is 9.10. The molecule has 0 saturated heterocycles. The molecule has 0 aliphatic heterocycles. The molecule has 6 heteroatoms. The Hall–Kier alpha value is -1.87. The second kappa shape index (κ2) is 4.78. The number of nitrogens with one attached hydrogen (secondary N) is 1. The Labute approximate surface area is 112 Å². The van der Waals surface area contributed by atoms with E-state index in [0.29, 0.717) is 27.2 Å². The van der Waals surface area contributed by atoms with Gasteiger partial charge in [-0.25, -0.2) is 4.39 Å². The zero-order valence-electron chi connectivity index (χ0n) is 9.83. The quantitative estimate of drug-likeness (QED) is 0.926. The zero-order valence-corrected chi connectivity index (χ0v) is 11.4. The molecule has 0 saturated carbocycles. The van der Waals surface area contributed by atoms with E-state index in [1.54, 1.807) is 30.8 Å². The van der Waals surface area contributed by atoms with E-state index in [-0.39, 0.29) is 5.82 Å². The Bertz CT molecular complexity index is 642. The molecule has 0 atom stereocenters. The van der Waals surface area contributed by atoms with Gasteiger partial charge in [-0.1, -0.05) is 0 Å². The first-order valence-electron chi connectivity index (χ1n) is 5.18. The Balaban J connectivity index is 2.40. The van der Waals surface area contributed by atoms with Gasteiger partial charge in [0.25, 0.3) is 0 Å². The molecule has 92 valence electrons. The van der Waals surface area contributed by atoms with Crippen LogP contribution in [-0.2, 0) is 7.05 Å². The van der Waals surface area contributed by atoms with Crippen LogP contribution in [0.5, 0.6) is 0 Å². The van der Waals surface area contributed by atoms with Gasteiger partial charge in [0.15, 0.2) is 0 Å². The summed E-state index contributed by atoms with van der Waals surface area (Å²) in [7, 11) is 1.74. The van der Waals surface area contributed by atoms with E-state index in [1.807, 2.05) is 0 Å². The minimum atomic E-state index is -0.331. The van der Waals surface area contributed by atoms with Crippen molar-refractivity contribution in [3.63, 3.8) is 0 Å². The molecule has 1 aromatic carbocycles. The molecule has 0 fully saturated rings. The van der Waals surface area contributed by atoms with Crippen LogP contribution in [0, 0.1) is 24.1 Å². The van der Waals surface area contributed by atoms with Crippen molar-refractivity contribution in [3.05, 3.63) is 39.7 Å². The van der Waals surface area contributed by atoms with Gasteiger partial charge in [-0.05, 0) is 41.1 Å². The normalized spacial score (nSPS) is 10.2. The van der Waals surface area contributed by atoms with Crippen LogP contribution >= 0.6 is 15.9 Å². The Morgan fingerprint density at radius 1 is 1.50 bits per heavy atom. The van der Waals surface area contributed by atoms with Crippen LogP contribution < -0.4 is 5.32 Å². The second-order valence-corrected chi connectivity index (χ2v) is 4.65. The van der Waals surface area contributed by atoms with E-state index in [4.69, 9.17) is 5.26 Å². The maximum Gasteiger partial charge on any atom is 0.146 e. The molecule has 0 spiro atoms. The van der Waals surface area contributed by atoms with Crippen molar-refractivity contribution >= 4 is 27.4 Å². The monoisotopic (exact) mass is 308 g/mol. The minimum absolute atomic E-state index is 0.331. The maximum absolute atomic E-state index is 13.1. The van der Waals surface area contributed by atoms with Gasteiger partial charge in [-0.3, -0.25) is 4.68 Å². The van der Waals surface area contributed by atoms with E-state index < -0.39 is 0 Å². The lowest BCUT2D eigenvalue weighted by Crippen LogP contribution is -2.00. The number of nitrogens with zero attached hydrogens (tertiary/aromatic N) is 3. The van der Waals surface area contributed by atoms with Crippen LogP contribution in [0.25, 0.3) is 0 Å². The van der Waals surface area contributed by atoms with Gasteiger partial charge in [-0.2, -0.15) is 10.4 Å². The van der Waals surface area contributed by atoms with Crippen molar-refractivity contribution in [3.8, 4) is 6.07 Å². The van der Waals surface area contributed by atoms with Crippen molar-refractivity contribution in [1.82, 2.24) is 9.78 Å². The summed E-state index contributed by atoms with van der Waals surface area (Å²) in [5, 5.41) is 16.3. The third-order valence-corrected chi connectivity index (χ3v) is 3.12. The molecular weight excluding hydrogens is 299 g/mol. The smallest absolute Gasteiger partial charge is 0.146 e. The van der Waals surface area contributed by atoms with Crippen LogP contribution in [0.1, 0.15) is 11.3 Å². The first kappa shape index (κ1) is 12.6. The van der Waals surface area contributed by atoms with E-state index >= 15 is 0 Å². The van der Waals surface area contributed by atoms with Crippen molar-refractivity contribution in [2.24, 2.45) is 7.05 Å². The third kappa shape index (κ3) is 2.22. The van der Waals surface area contributed by atoms with Crippen LogP contribution in [0.2, 0.25) is 0 Å².